The maximum Gasteiger partial charge on any atom is 0.0543 e. The number of unbranched alkanes of at least 4 members (excludes halogenated alkanes) is 1. The normalized spacial score (nSPS) is 11.0. The smallest absolute Gasteiger partial charge is 0.0543 e. The predicted molar refractivity (Wildman–Crippen MR) is 69.5 cm³/mol. The summed E-state index contributed by atoms with van der Waals surface area (Å²) in [4.78, 5) is 6.65. The van der Waals surface area contributed by atoms with E-state index in [1.807, 2.05) is 24.4 Å². The van der Waals surface area contributed by atoms with Crippen LogP contribution in [0.2, 0.25) is 0 Å². The molecule has 0 fully saturated rings. The Kier molecular flexibility index (Phi) is 7.54. The molecule has 3 N–H and O–H groups in total. The molecule has 1 aromatic heterocycles. The van der Waals surface area contributed by atoms with E-state index in [0.29, 0.717) is 0 Å². The fourth-order valence-electron chi connectivity index (χ4n) is 1.76. The van der Waals surface area contributed by atoms with Gasteiger partial charge in [-0.2, -0.15) is 0 Å². The highest BCUT2D eigenvalue weighted by molar-refractivity contribution is 5.03. The summed E-state index contributed by atoms with van der Waals surface area (Å²) < 4.78 is 0. The van der Waals surface area contributed by atoms with Crippen molar-refractivity contribution in [3.63, 3.8) is 0 Å². The lowest BCUT2D eigenvalue weighted by molar-refractivity contribution is 0.214. The number of aromatic nitrogens is 1. The molecule has 0 radical (unpaired) electrons. The Bertz CT molecular complexity index is 279. The van der Waals surface area contributed by atoms with Crippen molar-refractivity contribution < 1.29 is 5.11 Å². The molecular formula is C13H23N3O. The zero-order chi connectivity index (χ0) is 12.3. The number of aliphatic hydroxyl groups excluding tert-OH is 1. The maximum atomic E-state index is 8.89. The van der Waals surface area contributed by atoms with E-state index in [1.165, 1.54) is 0 Å². The second-order valence-corrected chi connectivity index (χ2v) is 4.17. The van der Waals surface area contributed by atoms with E-state index in [4.69, 9.17) is 10.8 Å². The largest absolute Gasteiger partial charge is 0.396 e. The molecule has 0 aromatic carbocycles. The molecule has 1 rings (SSSR count). The van der Waals surface area contributed by atoms with Crippen LogP contribution in [0.1, 0.15) is 25.0 Å². The summed E-state index contributed by atoms with van der Waals surface area (Å²) in [6, 6.07) is 5.97. The summed E-state index contributed by atoms with van der Waals surface area (Å²) in [6.07, 6.45) is 4.79. The molecule has 17 heavy (non-hydrogen) atoms. The molecule has 0 amide bonds. The molecule has 0 atom stereocenters. The molecule has 0 saturated carbocycles. The minimum atomic E-state index is 0.246. The second-order valence-electron chi connectivity index (χ2n) is 4.17. The van der Waals surface area contributed by atoms with E-state index in [1.54, 1.807) is 0 Å². The highest BCUT2D eigenvalue weighted by atomic mass is 16.3. The van der Waals surface area contributed by atoms with Crippen molar-refractivity contribution in [2.45, 2.75) is 25.8 Å². The average Bonchev–Trinajstić information content (AvgIpc) is 2.37. The number of hydrogen-bond acceptors (Lipinski definition) is 4. The van der Waals surface area contributed by atoms with Crippen molar-refractivity contribution in [1.29, 1.82) is 0 Å². The highest BCUT2D eigenvalue weighted by Gasteiger charge is 2.05. The van der Waals surface area contributed by atoms with E-state index in [0.717, 1.165) is 51.1 Å². The first-order valence-electron chi connectivity index (χ1n) is 6.30. The van der Waals surface area contributed by atoms with Gasteiger partial charge in [-0.05, 0) is 44.5 Å². The SMILES string of the molecule is NCCCCN(CCCO)Cc1ccccn1. The van der Waals surface area contributed by atoms with Gasteiger partial charge in [0.2, 0.25) is 0 Å². The van der Waals surface area contributed by atoms with Gasteiger partial charge >= 0.3 is 0 Å². The van der Waals surface area contributed by atoms with Crippen molar-refractivity contribution >= 4 is 0 Å². The third-order valence-electron chi connectivity index (χ3n) is 2.67. The Labute approximate surface area is 103 Å². The monoisotopic (exact) mass is 237 g/mol. The third kappa shape index (κ3) is 6.36. The first kappa shape index (κ1) is 14.1. The second kappa shape index (κ2) is 9.10. The van der Waals surface area contributed by atoms with Gasteiger partial charge in [0.25, 0.3) is 0 Å². The lowest BCUT2D eigenvalue weighted by Crippen LogP contribution is -2.27. The van der Waals surface area contributed by atoms with E-state index < -0.39 is 0 Å². The number of nitrogens with zero attached hydrogens (tertiary/aromatic N) is 2. The summed E-state index contributed by atoms with van der Waals surface area (Å²) in [6.45, 7) is 3.78. The summed E-state index contributed by atoms with van der Waals surface area (Å²) in [5, 5.41) is 8.89. The van der Waals surface area contributed by atoms with E-state index in [-0.39, 0.29) is 6.61 Å². The lowest BCUT2D eigenvalue weighted by Gasteiger charge is -2.21. The Hall–Kier alpha value is -0.970. The van der Waals surface area contributed by atoms with Crippen LogP contribution in [0, 0.1) is 0 Å². The number of rotatable bonds is 9. The molecule has 0 saturated heterocycles. The molecule has 1 heterocycles. The molecule has 0 aliphatic carbocycles. The van der Waals surface area contributed by atoms with Gasteiger partial charge < -0.3 is 10.8 Å². The molecule has 96 valence electrons. The van der Waals surface area contributed by atoms with Gasteiger partial charge in [-0.15, -0.1) is 0 Å². The van der Waals surface area contributed by atoms with Crippen LogP contribution in [0.4, 0.5) is 0 Å². The predicted octanol–water partition coefficient (Wildman–Crippen LogP) is 1.00. The van der Waals surface area contributed by atoms with Crippen molar-refractivity contribution in [2.24, 2.45) is 5.73 Å². The van der Waals surface area contributed by atoms with Crippen LogP contribution in [0.3, 0.4) is 0 Å². The topological polar surface area (TPSA) is 62.4 Å². The Morgan fingerprint density at radius 2 is 2.00 bits per heavy atom. The zero-order valence-electron chi connectivity index (χ0n) is 10.4. The van der Waals surface area contributed by atoms with Gasteiger partial charge in [0.15, 0.2) is 0 Å². The molecule has 0 aliphatic rings. The Morgan fingerprint density at radius 1 is 1.18 bits per heavy atom. The maximum absolute atomic E-state index is 8.89. The molecule has 4 nitrogen and oxygen atoms in total. The van der Waals surface area contributed by atoms with Crippen molar-refractivity contribution in [2.75, 3.05) is 26.2 Å². The fourth-order valence-corrected chi connectivity index (χ4v) is 1.76. The van der Waals surface area contributed by atoms with Gasteiger partial charge in [-0.3, -0.25) is 9.88 Å². The van der Waals surface area contributed by atoms with Crippen molar-refractivity contribution in [3.05, 3.63) is 30.1 Å². The fraction of sp³-hybridized carbons (Fsp3) is 0.615. The number of hydrogen-bond donors (Lipinski definition) is 2. The molecular weight excluding hydrogens is 214 g/mol. The van der Waals surface area contributed by atoms with Crippen molar-refractivity contribution in [3.8, 4) is 0 Å². The van der Waals surface area contributed by atoms with Crippen LogP contribution in [-0.2, 0) is 6.54 Å². The molecule has 0 aliphatic heterocycles. The molecule has 0 unspecified atom stereocenters. The molecule has 0 spiro atoms. The minimum Gasteiger partial charge on any atom is -0.396 e. The zero-order valence-corrected chi connectivity index (χ0v) is 10.4. The van der Waals surface area contributed by atoms with Crippen LogP contribution < -0.4 is 5.73 Å². The third-order valence-corrected chi connectivity index (χ3v) is 2.67. The summed E-state index contributed by atoms with van der Waals surface area (Å²) in [5.74, 6) is 0. The number of pyridine rings is 1. The summed E-state index contributed by atoms with van der Waals surface area (Å²) >= 11 is 0. The Balaban J connectivity index is 2.39. The van der Waals surface area contributed by atoms with Crippen LogP contribution in [0.5, 0.6) is 0 Å². The van der Waals surface area contributed by atoms with Gasteiger partial charge in [-0.1, -0.05) is 6.07 Å². The first-order valence-corrected chi connectivity index (χ1v) is 6.30. The van der Waals surface area contributed by atoms with Gasteiger partial charge in [0, 0.05) is 25.9 Å². The average molecular weight is 237 g/mol. The lowest BCUT2D eigenvalue weighted by atomic mass is 10.2. The van der Waals surface area contributed by atoms with E-state index >= 15 is 0 Å². The van der Waals surface area contributed by atoms with Crippen LogP contribution in [0.25, 0.3) is 0 Å². The molecule has 4 heteroatoms. The molecule has 0 bridgehead atoms. The van der Waals surface area contributed by atoms with Crippen molar-refractivity contribution in [1.82, 2.24) is 9.88 Å². The van der Waals surface area contributed by atoms with Crippen LogP contribution in [-0.4, -0.2) is 41.2 Å². The van der Waals surface area contributed by atoms with Crippen LogP contribution in [0.15, 0.2) is 24.4 Å². The quantitative estimate of drug-likeness (QED) is 0.629. The minimum absolute atomic E-state index is 0.246. The molecule has 1 aromatic rings. The Morgan fingerprint density at radius 3 is 2.65 bits per heavy atom. The first-order chi connectivity index (χ1) is 8.36. The summed E-state index contributed by atoms with van der Waals surface area (Å²) in [5.41, 5.74) is 6.58. The highest BCUT2D eigenvalue weighted by Crippen LogP contribution is 2.04. The number of nitrogens with two attached hydrogens (primary N) is 1. The standard InChI is InChI=1S/C13H23N3O/c14-7-2-4-9-16(10-5-11-17)12-13-6-1-3-8-15-13/h1,3,6,8,17H,2,4-5,7,9-12,14H2. The van der Waals surface area contributed by atoms with Gasteiger partial charge in [-0.25, -0.2) is 0 Å². The summed E-state index contributed by atoms with van der Waals surface area (Å²) in [7, 11) is 0. The van der Waals surface area contributed by atoms with E-state index in [2.05, 4.69) is 9.88 Å². The van der Waals surface area contributed by atoms with Gasteiger partial charge in [0.1, 0.15) is 0 Å². The number of aliphatic hydroxyl groups is 1. The van der Waals surface area contributed by atoms with E-state index in [9.17, 15) is 0 Å². The van der Waals surface area contributed by atoms with Crippen LogP contribution >= 0.6 is 0 Å². The van der Waals surface area contributed by atoms with Gasteiger partial charge in [0.05, 0.1) is 5.69 Å².